The Morgan fingerprint density at radius 3 is 1.50 bits per heavy atom. The fraction of sp³-hybridized carbons (Fsp3) is 0.545. The summed E-state index contributed by atoms with van der Waals surface area (Å²) in [7, 11) is 0. The maximum Gasteiger partial charge on any atom is 0.224 e. The molecule has 4 heterocycles. The van der Waals surface area contributed by atoms with Gasteiger partial charge in [-0.3, -0.25) is 9.59 Å². The number of nitrogens with one attached hydrogen (secondary N) is 2. The van der Waals surface area contributed by atoms with Crippen molar-refractivity contribution in [1.82, 2.24) is 29.7 Å². The Kier molecular flexibility index (Phi) is 11.5. The van der Waals surface area contributed by atoms with Crippen LogP contribution in [0, 0.1) is 0 Å². The van der Waals surface area contributed by atoms with Gasteiger partial charge in [0.25, 0.3) is 0 Å². The third-order valence-electron chi connectivity index (χ3n) is 5.57. The summed E-state index contributed by atoms with van der Waals surface area (Å²) in [5, 5.41) is 7.38. The number of anilines is 2. The van der Waals surface area contributed by atoms with E-state index in [9.17, 15) is 9.59 Å². The van der Waals surface area contributed by atoms with E-state index >= 15 is 0 Å². The van der Waals surface area contributed by atoms with Crippen LogP contribution >= 0.6 is 46.4 Å². The van der Waals surface area contributed by atoms with Crippen molar-refractivity contribution in [3.8, 4) is 0 Å². The van der Waals surface area contributed by atoms with Gasteiger partial charge in [0, 0.05) is 52.1 Å². The Morgan fingerprint density at radius 2 is 1.14 bits per heavy atom. The summed E-state index contributed by atoms with van der Waals surface area (Å²) in [5.41, 5.74) is 0. The minimum Gasteiger partial charge on any atom is -0.369 e. The number of hydrogen-bond donors (Lipinski definition) is 2. The lowest BCUT2D eigenvalue weighted by Crippen LogP contribution is -2.27. The maximum absolute atomic E-state index is 11.4. The van der Waals surface area contributed by atoms with E-state index in [0.29, 0.717) is 47.6 Å². The van der Waals surface area contributed by atoms with Crippen LogP contribution in [0.4, 0.5) is 11.6 Å². The first-order valence-corrected chi connectivity index (χ1v) is 13.2. The molecular weight excluding hydrogens is 550 g/mol. The fourth-order valence-corrected chi connectivity index (χ4v) is 4.36. The first-order chi connectivity index (χ1) is 17.3. The maximum atomic E-state index is 11.4. The second-order valence-corrected chi connectivity index (χ2v) is 9.69. The predicted octanol–water partition coefficient (Wildman–Crippen LogP) is 4.42. The van der Waals surface area contributed by atoms with E-state index in [0.717, 1.165) is 51.9 Å². The van der Waals surface area contributed by atoms with Crippen LogP contribution < -0.4 is 10.6 Å². The van der Waals surface area contributed by atoms with Crippen molar-refractivity contribution in [1.29, 1.82) is 0 Å². The third-order valence-corrected chi connectivity index (χ3v) is 6.48. The smallest absolute Gasteiger partial charge is 0.224 e. The number of halogens is 4. The molecule has 196 valence electrons. The lowest BCUT2D eigenvalue weighted by atomic mass is 10.4. The van der Waals surface area contributed by atoms with Crippen molar-refractivity contribution in [3.05, 3.63) is 33.0 Å². The van der Waals surface area contributed by atoms with Gasteiger partial charge in [-0.15, -0.1) is 0 Å². The van der Waals surface area contributed by atoms with Crippen LogP contribution in [0.3, 0.4) is 0 Å². The van der Waals surface area contributed by atoms with Gasteiger partial charge in [0.1, 0.15) is 21.7 Å². The fourth-order valence-electron chi connectivity index (χ4n) is 3.77. The van der Waals surface area contributed by atoms with Crippen molar-refractivity contribution in [2.45, 2.75) is 38.5 Å². The predicted molar refractivity (Wildman–Crippen MR) is 142 cm³/mol. The van der Waals surface area contributed by atoms with Crippen molar-refractivity contribution >= 4 is 69.9 Å². The zero-order chi connectivity index (χ0) is 25.9. The van der Waals surface area contributed by atoms with Crippen LogP contribution in [-0.2, 0) is 9.59 Å². The number of nitrogens with zero attached hydrogens (tertiary/aromatic N) is 6. The van der Waals surface area contributed by atoms with Gasteiger partial charge < -0.3 is 20.4 Å². The number of rotatable bonds is 10. The zero-order valence-corrected chi connectivity index (χ0v) is 22.7. The van der Waals surface area contributed by atoms with E-state index in [2.05, 4.69) is 30.6 Å². The van der Waals surface area contributed by atoms with E-state index in [1.54, 1.807) is 0 Å². The number of amides is 2. The summed E-state index contributed by atoms with van der Waals surface area (Å²) < 4.78 is 0. The summed E-state index contributed by atoms with van der Waals surface area (Å²) in [6.45, 7) is 4.66. The highest BCUT2D eigenvalue weighted by Crippen LogP contribution is 2.20. The van der Waals surface area contributed by atoms with E-state index in [4.69, 9.17) is 46.4 Å². The molecule has 36 heavy (non-hydrogen) atoms. The monoisotopic (exact) mass is 576 g/mol. The molecule has 0 bridgehead atoms. The van der Waals surface area contributed by atoms with E-state index < -0.39 is 0 Å². The van der Waals surface area contributed by atoms with Crippen LogP contribution in [-0.4, -0.2) is 80.8 Å². The number of hydrogen-bond acceptors (Lipinski definition) is 8. The zero-order valence-electron chi connectivity index (χ0n) is 19.7. The molecule has 2 aromatic rings. The average Bonchev–Trinajstić information content (AvgIpc) is 3.46. The summed E-state index contributed by atoms with van der Waals surface area (Å²) in [6.07, 6.45) is 7.93. The molecule has 0 unspecified atom stereocenters. The summed E-state index contributed by atoms with van der Waals surface area (Å²) in [5.74, 6) is 1.56. The highest BCUT2D eigenvalue weighted by Gasteiger charge is 2.19. The molecule has 2 saturated heterocycles. The molecule has 14 heteroatoms. The Labute approximate surface area is 230 Å². The molecule has 2 aliphatic rings. The molecule has 10 nitrogen and oxygen atoms in total. The SMILES string of the molecule is O=C1CCCN1CCCNc1nc(Cl)ncc1Cl.O=C1CCCN1CCCNc1nc(Cl)ncc1Cl. The second-order valence-electron chi connectivity index (χ2n) is 8.20. The van der Waals surface area contributed by atoms with Gasteiger partial charge >= 0.3 is 0 Å². The Hall–Kier alpha value is -2.14. The number of carbonyl (C=O) groups is 2. The van der Waals surface area contributed by atoms with Gasteiger partial charge in [-0.2, -0.15) is 9.97 Å². The topological polar surface area (TPSA) is 116 Å². The summed E-state index contributed by atoms with van der Waals surface area (Å²) in [4.78, 5) is 42.1. The van der Waals surface area contributed by atoms with Crippen molar-refractivity contribution in [3.63, 3.8) is 0 Å². The van der Waals surface area contributed by atoms with Crippen LogP contribution in [0.25, 0.3) is 0 Å². The van der Waals surface area contributed by atoms with E-state index in [-0.39, 0.29) is 22.4 Å². The van der Waals surface area contributed by atoms with Gasteiger partial charge in [-0.25, -0.2) is 9.97 Å². The van der Waals surface area contributed by atoms with Gasteiger partial charge in [0.15, 0.2) is 0 Å². The molecule has 4 rings (SSSR count). The highest BCUT2D eigenvalue weighted by atomic mass is 35.5. The molecule has 0 aliphatic carbocycles. The molecule has 2 fully saturated rings. The quantitative estimate of drug-likeness (QED) is 0.315. The lowest BCUT2D eigenvalue weighted by molar-refractivity contribution is -0.128. The highest BCUT2D eigenvalue weighted by molar-refractivity contribution is 6.34. The Morgan fingerprint density at radius 1 is 0.722 bits per heavy atom. The van der Waals surface area contributed by atoms with Gasteiger partial charge in [0.2, 0.25) is 22.4 Å². The third kappa shape index (κ3) is 9.06. The van der Waals surface area contributed by atoms with Gasteiger partial charge in [-0.05, 0) is 48.9 Å². The van der Waals surface area contributed by atoms with Gasteiger partial charge in [0.05, 0.1) is 12.4 Å². The van der Waals surface area contributed by atoms with Crippen molar-refractivity contribution in [2.75, 3.05) is 49.9 Å². The van der Waals surface area contributed by atoms with Crippen molar-refractivity contribution in [2.24, 2.45) is 0 Å². The Balaban J connectivity index is 0.000000201. The molecule has 0 spiro atoms. The summed E-state index contributed by atoms with van der Waals surface area (Å²) in [6, 6.07) is 0. The van der Waals surface area contributed by atoms with Crippen LogP contribution in [0.15, 0.2) is 12.4 Å². The van der Waals surface area contributed by atoms with Crippen LogP contribution in [0.2, 0.25) is 20.6 Å². The van der Waals surface area contributed by atoms with Crippen molar-refractivity contribution < 1.29 is 9.59 Å². The first kappa shape index (κ1) is 28.4. The molecule has 0 atom stereocenters. The minimum absolute atomic E-state index is 0.164. The molecule has 2 amide bonds. The number of carbonyl (C=O) groups excluding carboxylic acids is 2. The Bertz CT molecular complexity index is 964. The molecule has 0 saturated carbocycles. The minimum atomic E-state index is 0.164. The van der Waals surface area contributed by atoms with Gasteiger partial charge in [-0.1, -0.05) is 23.2 Å². The summed E-state index contributed by atoms with van der Waals surface area (Å²) >= 11 is 23.2. The number of aromatic nitrogens is 4. The van der Waals surface area contributed by atoms with Crippen LogP contribution in [0.5, 0.6) is 0 Å². The average molecular weight is 578 g/mol. The normalized spacial score (nSPS) is 15.2. The number of likely N-dealkylation sites (tertiary alicyclic amines) is 2. The molecule has 2 aromatic heterocycles. The molecule has 2 aliphatic heterocycles. The first-order valence-electron chi connectivity index (χ1n) is 11.7. The largest absolute Gasteiger partial charge is 0.369 e. The molecule has 0 radical (unpaired) electrons. The molecule has 0 aromatic carbocycles. The van der Waals surface area contributed by atoms with Crippen LogP contribution in [0.1, 0.15) is 38.5 Å². The molecular formula is C22H28Cl4N8O2. The second kappa shape index (κ2) is 14.6. The standard InChI is InChI=1S/2C11H14Cl2N4O/c2*12-8-7-15-11(13)16-10(8)14-4-2-6-17-5-1-3-9(17)18/h2*7H,1-6H2,(H,14,15,16). The van der Waals surface area contributed by atoms with E-state index in [1.807, 2.05) is 9.80 Å². The lowest BCUT2D eigenvalue weighted by Gasteiger charge is -2.15. The van der Waals surface area contributed by atoms with E-state index in [1.165, 1.54) is 12.4 Å². The molecule has 2 N–H and O–H groups in total.